The number of nitrogens with zero attached hydrogens (tertiary/aromatic N) is 1. The van der Waals surface area contributed by atoms with Crippen molar-refractivity contribution in [1.29, 1.82) is 0 Å². The fourth-order valence-electron chi connectivity index (χ4n) is 5.29. The van der Waals surface area contributed by atoms with Gasteiger partial charge in [-0.3, -0.25) is 9.35 Å². The van der Waals surface area contributed by atoms with Gasteiger partial charge in [0.15, 0.2) is 0 Å². The summed E-state index contributed by atoms with van der Waals surface area (Å²) in [5.41, 5.74) is 8.62. The molecule has 3 amide bonds. The third-order valence-electron chi connectivity index (χ3n) is 7.49. The Morgan fingerprint density at radius 3 is 2.33 bits per heavy atom. The Labute approximate surface area is 284 Å². The van der Waals surface area contributed by atoms with Gasteiger partial charge in [-0.25, -0.2) is 9.78 Å². The molecule has 1 aromatic heterocycles. The van der Waals surface area contributed by atoms with Gasteiger partial charge in [0.25, 0.3) is 10.1 Å². The van der Waals surface area contributed by atoms with E-state index < -0.39 is 27.8 Å². The largest absolute Gasteiger partial charge is 0.494 e. The summed E-state index contributed by atoms with van der Waals surface area (Å²) in [4.78, 5) is 29.5. The average molecular weight is 684 g/mol. The summed E-state index contributed by atoms with van der Waals surface area (Å²) < 4.78 is 43.6. The molecule has 0 bridgehead atoms. The van der Waals surface area contributed by atoms with Crippen LogP contribution < -0.4 is 31.2 Å². The molecule has 6 N–H and O–H groups in total. The number of aromatic nitrogens is 1. The van der Waals surface area contributed by atoms with Gasteiger partial charge in [0.1, 0.15) is 28.8 Å². The van der Waals surface area contributed by atoms with Gasteiger partial charge in [0, 0.05) is 34.3 Å². The van der Waals surface area contributed by atoms with Crippen molar-refractivity contribution in [3.05, 3.63) is 108 Å². The monoisotopic (exact) mass is 683 g/mol. The Balaban J connectivity index is 1.37. The number of amides is 3. The van der Waals surface area contributed by atoms with Gasteiger partial charge in [-0.1, -0.05) is 63.2 Å². The molecular formula is C36H37N5O7S. The van der Waals surface area contributed by atoms with E-state index in [1.54, 1.807) is 54.7 Å². The number of pyridine rings is 1. The van der Waals surface area contributed by atoms with Crippen LogP contribution in [0.5, 0.6) is 17.2 Å². The Morgan fingerprint density at radius 1 is 0.898 bits per heavy atom. The van der Waals surface area contributed by atoms with Crippen LogP contribution in [0, 0.1) is 0 Å². The lowest BCUT2D eigenvalue weighted by Crippen LogP contribution is -2.22. The fraction of sp³-hybridized carbons (Fsp3) is 0.194. The van der Waals surface area contributed by atoms with Crippen LogP contribution in [0.1, 0.15) is 37.5 Å². The fourth-order valence-corrected chi connectivity index (χ4v) is 5.89. The molecule has 0 radical (unpaired) electrons. The molecule has 0 spiro atoms. The van der Waals surface area contributed by atoms with Crippen LogP contribution in [-0.2, 0) is 32.5 Å². The van der Waals surface area contributed by atoms with Crippen LogP contribution in [0.2, 0.25) is 0 Å². The molecule has 0 aliphatic heterocycles. The second kappa shape index (κ2) is 14.2. The summed E-state index contributed by atoms with van der Waals surface area (Å²) in [6, 6.07) is 24.1. The summed E-state index contributed by atoms with van der Waals surface area (Å²) in [6.45, 7) is 6.09. The van der Waals surface area contributed by atoms with E-state index in [0.717, 1.165) is 16.3 Å². The first-order valence-electron chi connectivity index (χ1n) is 15.2. The molecule has 0 atom stereocenters. The van der Waals surface area contributed by atoms with Gasteiger partial charge in [0.2, 0.25) is 5.91 Å². The zero-order valence-electron chi connectivity index (χ0n) is 27.4. The number of anilines is 4. The second-order valence-corrected chi connectivity index (χ2v) is 13.8. The Morgan fingerprint density at radius 2 is 1.63 bits per heavy atom. The van der Waals surface area contributed by atoms with Crippen molar-refractivity contribution in [2.75, 3.05) is 23.1 Å². The van der Waals surface area contributed by atoms with E-state index in [9.17, 15) is 22.6 Å². The molecule has 13 heteroatoms. The van der Waals surface area contributed by atoms with E-state index in [0.29, 0.717) is 51.3 Å². The third-order valence-corrected chi connectivity index (χ3v) is 8.19. The smallest absolute Gasteiger partial charge is 0.323 e. The zero-order valence-corrected chi connectivity index (χ0v) is 28.2. The number of hydrogen-bond donors (Lipinski definition) is 5. The highest BCUT2D eigenvalue weighted by molar-refractivity contribution is 7.85. The normalized spacial score (nSPS) is 11.5. The minimum absolute atomic E-state index is 0.0469. The first-order valence-corrected chi connectivity index (χ1v) is 16.8. The van der Waals surface area contributed by atoms with Gasteiger partial charge in [-0.15, -0.1) is 0 Å². The van der Waals surface area contributed by atoms with E-state index in [1.165, 1.54) is 7.11 Å². The standard InChI is InChI=1S/C36H37N5O7S/c1-36(2,3)24-17-23(18-32(37)42)34(47-4)30(19-24)41-35(43)40-29-12-13-31(28-11-6-5-10-27(28)29)48-26-14-15-38-33(20-26)39-25-9-7-8-22(16-25)21-49(44,45)46/h5-17,19-20H,18,21H2,1-4H3,(H2,37,42)(H,38,39)(H2,40,41,43)(H,44,45,46). The van der Waals surface area contributed by atoms with Gasteiger partial charge >= 0.3 is 6.03 Å². The molecular weight excluding hydrogens is 646 g/mol. The van der Waals surface area contributed by atoms with E-state index in [2.05, 4.69) is 20.9 Å². The Hall–Kier alpha value is -5.66. The number of rotatable bonds is 11. The summed E-state index contributed by atoms with van der Waals surface area (Å²) in [7, 11) is -2.70. The van der Waals surface area contributed by atoms with Gasteiger partial charge in [-0.2, -0.15) is 8.42 Å². The van der Waals surface area contributed by atoms with Gasteiger partial charge < -0.3 is 31.2 Å². The lowest BCUT2D eigenvalue weighted by molar-refractivity contribution is -0.117. The quantitative estimate of drug-likeness (QED) is 0.0904. The van der Waals surface area contributed by atoms with Crippen LogP contribution in [0.3, 0.4) is 0 Å². The number of carbonyl (C=O) groups is 2. The van der Waals surface area contributed by atoms with E-state index >= 15 is 0 Å². The van der Waals surface area contributed by atoms with E-state index in [-0.39, 0.29) is 11.8 Å². The molecule has 0 saturated heterocycles. The van der Waals surface area contributed by atoms with Crippen LogP contribution in [0.4, 0.5) is 27.7 Å². The predicted molar refractivity (Wildman–Crippen MR) is 190 cm³/mol. The number of nitrogens with two attached hydrogens (primary N) is 1. The number of fused-ring (bicyclic) bond motifs is 1. The molecule has 254 valence electrons. The maximum Gasteiger partial charge on any atom is 0.323 e. The minimum Gasteiger partial charge on any atom is -0.494 e. The zero-order chi connectivity index (χ0) is 35.3. The number of hydrogen-bond acceptors (Lipinski definition) is 8. The maximum absolute atomic E-state index is 13.4. The highest BCUT2D eigenvalue weighted by atomic mass is 32.2. The Kier molecular flexibility index (Phi) is 10.1. The minimum atomic E-state index is -4.17. The molecule has 0 aliphatic carbocycles. The molecule has 0 unspecified atom stereocenters. The van der Waals surface area contributed by atoms with E-state index in [1.807, 2.05) is 57.2 Å². The summed E-state index contributed by atoms with van der Waals surface area (Å²) in [6.07, 6.45) is 1.52. The second-order valence-electron chi connectivity index (χ2n) is 12.4. The van der Waals surface area contributed by atoms with Crippen molar-refractivity contribution in [2.24, 2.45) is 5.73 Å². The SMILES string of the molecule is COc1c(CC(N)=O)cc(C(C)(C)C)cc1NC(=O)Nc1ccc(Oc2ccnc(Nc3cccc(CS(=O)(=O)O)c3)c2)c2ccccc12. The van der Waals surface area contributed by atoms with Crippen molar-refractivity contribution in [1.82, 2.24) is 4.98 Å². The first kappa shape index (κ1) is 34.7. The van der Waals surface area contributed by atoms with E-state index in [4.69, 9.17) is 15.2 Å². The number of nitrogens with one attached hydrogen (secondary N) is 3. The highest BCUT2D eigenvalue weighted by Gasteiger charge is 2.22. The molecule has 49 heavy (non-hydrogen) atoms. The summed E-state index contributed by atoms with van der Waals surface area (Å²) in [5.74, 6) is 0.793. The van der Waals surface area contributed by atoms with Crippen molar-refractivity contribution in [2.45, 2.75) is 38.4 Å². The van der Waals surface area contributed by atoms with Crippen LogP contribution >= 0.6 is 0 Å². The number of ether oxygens (including phenoxy) is 2. The molecule has 1 heterocycles. The molecule has 12 nitrogen and oxygen atoms in total. The first-order chi connectivity index (χ1) is 23.2. The summed E-state index contributed by atoms with van der Waals surface area (Å²) in [5, 5.41) is 10.4. The van der Waals surface area contributed by atoms with Gasteiger partial charge in [0.05, 0.1) is 24.9 Å². The predicted octanol–water partition coefficient (Wildman–Crippen LogP) is 7.14. The van der Waals surface area contributed by atoms with Crippen molar-refractivity contribution in [3.63, 3.8) is 0 Å². The number of urea groups is 1. The third kappa shape index (κ3) is 9.03. The van der Waals surface area contributed by atoms with Crippen molar-refractivity contribution in [3.8, 4) is 17.2 Å². The van der Waals surface area contributed by atoms with Crippen LogP contribution in [0.25, 0.3) is 10.8 Å². The Bertz CT molecular complexity index is 2150. The number of primary amides is 1. The number of methoxy groups -OCH3 is 1. The molecule has 0 aliphatic rings. The van der Waals surface area contributed by atoms with Crippen LogP contribution in [-0.4, -0.2) is 37.0 Å². The molecule has 0 fully saturated rings. The van der Waals surface area contributed by atoms with Crippen molar-refractivity contribution >= 4 is 55.7 Å². The van der Waals surface area contributed by atoms with Gasteiger partial charge in [-0.05, 0) is 52.9 Å². The average Bonchev–Trinajstić information content (AvgIpc) is 3.01. The van der Waals surface area contributed by atoms with Crippen molar-refractivity contribution < 1.29 is 32.0 Å². The molecule has 0 saturated carbocycles. The molecule has 4 aromatic carbocycles. The highest BCUT2D eigenvalue weighted by Crippen LogP contribution is 2.37. The number of carbonyl (C=O) groups excluding carboxylic acids is 2. The topological polar surface area (TPSA) is 182 Å². The summed E-state index contributed by atoms with van der Waals surface area (Å²) >= 11 is 0. The lowest BCUT2D eigenvalue weighted by atomic mass is 9.85. The molecule has 5 rings (SSSR count). The maximum atomic E-state index is 13.4. The van der Waals surface area contributed by atoms with Crippen LogP contribution in [0.15, 0.2) is 91.1 Å². The molecule has 5 aromatic rings. The lowest BCUT2D eigenvalue weighted by Gasteiger charge is -2.23. The number of benzene rings is 4.